The van der Waals surface area contributed by atoms with Crippen molar-refractivity contribution in [1.29, 1.82) is 0 Å². The molecule has 2 aromatic carbocycles. The van der Waals surface area contributed by atoms with Crippen LogP contribution in [0.3, 0.4) is 0 Å². The van der Waals surface area contributed by atoms with Crippen LogP contribution in [-0.2, 0) is 0 Å². The highest BCUT2D eigenvalue weighted by Gasteiger charge is 2.04. The van der Waals surface area contributed by atoms with Crippen LogP contribution in [0.2, 0.25) is 0 Å². The summed E-state index contributed by atoms with van der Waals surface area (Å²) in [7, 11) is 0. The number of aliphatic hydroxyl groups is 1. The smallest absolute Gasteiger partial charge is 0.0431 e. The molecule has 19 heavy (non-hydrogen) atoms. The molecule has 2 rings (SSSR count). The maximum atomic E-state index is 8.73. The fourth-order valence-corrected chi connectivity index (χ4v) is 2.33. The Hall–Kier alpha value is -1.38. The highest BCUT2D eigenvalue weighted by atomic mass is 16.2. The molecule has 0 spiro atoms. The highest BCUT2D eigenvalue weighted by molar-refractivity contribution is 5.83. The number of unbranched alkanes of at least 4 members (excludes halogenated alkanes) is 2. The summed E-state index contributed by atoms with van der Waals surface area (Å²) in [6.07, 6.45) is 3.12. The second-order valence-electron chi connectivity index (χ2n) is 5.07. The van der Waals surface area contributed by atoms with E-state index in [0.717, 1.165) is 25.8 Å². The number of fused-ring (bicyclic) bond motifs is 1. The first-order valence-corrected chi connectivity index (χ1v) is 7.14. The number of hydrogen-bond donors (Lipinski definition) is 2. The zero-order valence-corrected chi connectivity index (χ0v) is 11.6. The minimum absolute atomic E-state index is 0.306. The zero-order valence-electron chi connectivity index (χ0n) is 11.6. The third kappa shape index (κ3) is 4.05. The molecule has 2 heteroatoms. The molecule has 0 bridgehead atoms. The van der Waals surface area contributed by atoms with Crippen molar-refractivity contribution in [2.75, 3.05) is 13.2 Å². The van der Waals surface area contributed by atoms with Gasteiger partial charge in [0, 0.05) is 12.6 Å². The molecule has 0 saturated carbocycles. The van der Waals surface area contributed by atoms with Crippen LogP contribution in [-0.4, -0.2) is 18.3 Å². The van der Waals surface area contributed by atoms with Crippen molar-refractivity contribution < 1.29 is 5.11 Å². The van der Waals surface area contributed by atoms with E-state index in [-0.39, 0.29) is 0 Å². The summed E-state index contributed by atoms with van der Waals surface area (Å²) in [5.74, 6) is 0. The third-order valence-electron chi connectivity index (χ3n) is 3.56. The van der Waals surface area contributed by atoms with Gasteiger partial charge in [-0.25, -0.2) is 0 Å². The molecule has 0 fully saturated rings. The predicted molar refractivity (Wildman–Crippen MR) is 81.3 cm³/mol. The average molecular weight is 257 g/mol. The second kappa shape index (κ2) is 7.27. The van der Waals surface area contributed by atoms with E-state index in [9.17, 15) is 0 Å². The van der Waals surface area contributed by atoms with E-state index in [0.29, 0.717) is 12.6 Å². The molecule has 102 valence electrons. The molecule has 1 unspecified atom stereocenters. The van der Waals surface area contributed by atoms with Crippen molar-refractivity contribution in [3.63, 3.8) is 0 Å². The van der Waals surface area contributed by atoms with Gasteiger partial charge in [0.15, 0.2) is 0 Å². The molecule has 0 aromatic heterocycles. The number of aliphatic hydroxyl groups excluding tert-OH is 1. The van der Waals surface area contributed by atoms with Crippen LogP contribution in [0.4, 0.5) is 0 Å². The van der Waals surface area contributed by atoms with Crippen LogP contribution in [0.1, 0.15) is 37.8 Å². The lowest BCUT2D eigenvalue weighted by Crippen LogP contribution is -2.19. The summed E-state index contributed by atoms with van der Waals surface area (Å²) in [5.41, 5.74) is 1.33. The van der Waals surface area contributed by atoms with Gasteiger partial charge in [-0.15, -0.1) is 0 Å². The first kappa shape index (κ1) is 14.0. The van der Waals surface area contributed by atoms with Crippen LogP contribution >= 0.6 is 0 Å². The Morgan fingerprint density at radius 3 is 2.58 bits per heavy atom. The number of hydrogen-bond acceptors (Lipinski definition) is 2. The van der Waals surface area contributed by atoms with Crippen LogP contribution in [0, 0.1) is 0 Å². The van der Waals surface area contributed by atoms with E-state index >= 15 is 0 Å². The molecule has 0 aliphatic carbocycles. The largest absolute Gasteiger partial charge is 0.396 e. The van der Waals surface area contributed by atoms with Gasteiger partial charge in [0.25, 0.3) is 0 Å². The van der Waals surface area contributed by atoms with E-state index in [4.69, 9.17) is 5.11 Å². The van der Waals surface area contributed by atoms with Gasteiger partial charge >= 0.3 is 0 Å². The fourth-order valence-electron chi connectivity index (χ4n) is 2.33. The second-order valence-corrected chi connectivity index (χ2v) is 5.07. The quantitative estimate of drug-likeness (QED) is 0.742. The highest BCUT2D eigenvalue weighted by Crippen LogP contribution is 2.20. The van der Waals surface area contributed by atoms with Crippen molar-refractivity contribution in [1.82, 2.24) is 5.32 Å². The molecular weight excluding hydrogens is 234 g/mol. The topological polar surface area (TPSA) is 32.3 Å². The molecular formula is C17H23NO. The van der Waals surface area contributed by atoms with Crippen molar-refractivity contribution >= 4 is 10.8 Å². The molecule has 0 aliphatic heterocycles. The van der Waals surface area contributed by atoms with Crippen LogP contribution < -0.4 is 5.32 Å². The monoisotopic (exact) mass is 257 g/mol. The maximum Gasteiger partial charge on any atom is 0.0431 e. The van der Waals surface area contributed by atoms with Crippen molar-refractivity contribution in [3.8, 4) is 0 Å². The summed E-state index contributed by atoms with van der Waals surface area (Å²) in [6.45, 7) is 3.52. The van der Waals surface area contributed by atoms with Crippen LogP contribution in [0.15, 0.2) is 42.5 Å². The lowest BCUT2D eigenvalue weighted by atomic mass is 10.0. The number of rotatable bonds is 7. The van der Waals surface area contributed by atoms with E-state index in [1.807, 2.05) is 0 Å². The summed E-state index contributed by atoms with van der Waals surface area (Å²) < 4.78 is 0. The zero-order chi connectivity index (χ0) is 13.5. The Balaban J connectivity index is 1.91. The molecule has 2 aromatic rings. The minimum atomic E-state index is 0.306. The maximum absolute atomic E-state index is 8.73. The summed E-state index contributed by atoms with van der Waals surface area (Å²) in [6, 6.07) is 15.5. The van der Waals surface area contributed by atoms with Crippen LogP contribution in [0.5, 0.6) is 0 Å². The fraction of sp³-hybridized carbons (Fsp3) is 0.412. The van der Waals surface area contributed by atoms with Gasteiger partial charge in [0.05, 0.1) is 0 Å². The Labute approximate surface area is 115 Å². The molecule has 1 atom stereocenters. The average Bonchev–Trinajstić information content (AvgIpc) is 2.46. The van der Waals surface area contributed by atoms with Gasteiger partial charge in [-0.3, -0.25) is 0 Å². The Morgan fingerprint density at radius 1 is 1.00 bits per heavy atom. The van der Waals surface area contributed by atoms with E-state index in [1.54, 1.807) is 0 Å². The number of benzene rings is 2. The van der Waals surface area contributed by atoms with Gasteiger partial charge < -0.3 is 10.4 Å². The van der Waals surface area contributed by atoms with Crippen LogP contribution in [0.25, 0.3) is 10.8 Å². The van der Waals surface area contributed by atoms with Gasteiger partial charge in [-0.2, -0.15) is 0 Å². The van der Waals surface area contributed by atoms with Crippen molar-refractivity contribution in [3.05, 3.63) is 48.0 Å². The summed E-state index contributed by atoms with van der Waals surface area (Å²) >= 11 is 0. The molecule has 2 N–H and O–H groups in total. The predicted octanol–water partition coefficient (Wildman–Crippen LogP) is 3.65. The van der Waals surface area contributed by atoms with Gasteiger partial charge in [-0.1, -0.05) is 36.4 Å². The Bertz CT molecular complexity index is 509. The normalized spacial score (nSPS) is 12.7. The standard InChI is InChI=1S/C17H23NO/c1-14(18-11-5-2-6-12-19)16-10-9-15-7-3-4-8-17(15)13-16/h3-4,7-10,13-14,18-19H,2,5-6,11-12H2,1H3. The van der Waals surface area contributed by atoms with Gasteiger partial charge in [-0.05, 0) is 55.1 Å². The molecule has 0 amide bonds. The Kier molecular flexibility index (Phi) is 5.37. The summed E-state index contributed by atoms with van der Waals surface area (Å²) in [5, 5.41) is 14.9. The van der Waals surface area contributed by atoms with Gasteiger partial charge in [0.1, 0.15) is 0 Å². The first-order chi connectivity index (χ1) is 9.31. The summed E-state index contributed by atoms with van der Waals surface area (Å²) in [4.78, 5) is 0. The van der Waals surface area contributed by atoms with Gasteiger partial charge in [0.2, 0.25) is 0 Å². The molecule has 0 heterocycles. The van der Waals surface area contributed by atoms with E-state index in [1.165, 1.54) is 16.3 Å². The van der Waals surface area contributed by atoms with Crippen molar-refractivity contribution in [2.24, 2.45) is 0 Å². The first-order valence-electron chi connectivity index (χ1n) is 7.14. The third-order valence-corrected chi connectivity index (χ3v) is 3.56. The number of nitrogens with one attached hydrogen (secondary N) is 1. The van der Waals surface area contributed by atoms with E-state index < -0.39 is 0 Å². The lowest BCUT2D eigenvalue weighted by Gasteiger charge is -2.15. The van der Waals surface area contributed by atoms with E-state index in [2.05, 4.69) is 54.7 Å². The lowest BCUT2D eigenvalue weighted by molar-refractivity contribution is 0.282. The SMILES string of the molecule is CC(NCCCCCO)c1ccc2ccccc2c1. The molecule has 2 nitrogen and oxygen atoms in total. The molecule has 0 aliphatic rings. The molecule has 0 saturated heterocycles. The Morgan fingerprint density at radius 2 is 1.79 bits per heavy atom. The van der Waals surface area contributed by atoms with Crippen molar-refractivity contribution in [2.45, 2.75) is 32.2 Å². The minimum Gasteiger partial charge on any atom is -0.396 e. The molecule has 0 radical (unpaired) electrons.